The number of rotatable bonds is 7. The standard InChI is InChI=1S/C16H21NS/c1-2-9-17-16(12-15-8-10-18-13-15)11-14-6-4-3-5-7-14/h3-8,10,13,16-17H,2,9,11-12H2,1H3. The second-order valence-corrected chi connectivity index (χ2v) is 5.46. The van der Waals surface area contributed by atoms with Crippen LogP contribution in [0.2, 0.25) is 0 Å². The van der Waals surface area contributed by atoms with Gasteiger partial charge < -0.3 is 5.32 Å². The lowest BCUT2D eigenvalue weighted by atomic mass is 10.0. The molecule has 0 aliphatic rings. The molecule has 1 nitrogen and oxygen atoms in total. The third-order valence-corrected chi connectivity index (χ3v) is 3.80. The van der Waals surface area contributed by atoms with Crippen LogP contribution >= 0.6 is 11.3 Å². The zero-order chi connectivity index (χ0) is 12.6. The monoisotopic (exact) mass is 259 g/mol. The van der Waals surface area contributed by atoms with Crippen molar-refractivity contribution in [2.45, 2.75) is 32.2 Å². The van der Waals surface area contributed by atoms with Gasteiger partial charge in [0.1, 0.15) is 0 Å². The Kier molecular flexibility index (Phi) is 5.43. The van der Waals surface area contributed by atoms with Crippen LogP contribution in [0.3, 0.4) is 0 Å². The van der Waals surface area contributed by atoms with Crippen molar-refractivity contribution in [3.8, 4) is 0 Å². The fourth-order valence-electron chi connectivity index (χ4n) is 2.16. The Labute approximate surface area is 114 Å². The molecule has 0 radical (unpaired) electrons. The van der Waals surface area contributed by atoms with E-state index in [1.165, 1.54) is 17.5 Å². The second-order valence-electron chi connectivity index (χ2n) is 4.68. The van der Waals surface area contributed by atoms with Crippen molar-refractivity contribution in [3.63, 3.8) is 0 Å². The quantitative estimate of drug-likeness (QED) is 0.795. The lowest BCUT2D eigenvalue weighted by Crippen LogP contribution is -2.33. The first-order chi connectivity index (χ1) is 8.88. The van der Waals surface area contributed by atoms with E-state index in [0.717, 1.165) is 19.4 Å². The van der Waals surface area contributed by atoms with Crippen molar-refractivity contribution >= 4 is 11.3 Å². The first-order valence-electron chi connectivity index (χ1n) is 6.67. The molecule has 0 aliphatic carbocycles. The zero-order valence-electron chi connectivity index (χ0n) is 10.9. The van der Waals surface area contributed by atoms with Gasteiger partial charge in [0.25, 0.3) is 0 Å². The van der Waals surface area contributed by atoms with Gasteiger partial charge in [-0.2, -0.15) is 11.3 Å². The van der Waals surface area contributed by atoms with E-state index < -0.39 is 0 Å². The van der Waals surface area contributed by atoms with Crippen molar-refractivity contribution < 1.29 is 0 Å². The van der Waals surface area contributed by atoms with Crippen molar-refractivity contribution in [1.29, 1.82) is 0 Å². The molecule has 0 bridgehead atoms. The molecule has 1 unspecified atom stereocenters. The second kappa shape index (κ2) is 7.34. The van der Waals surface area contributed by atoms with E-state index in [0.29, 0.717) is 6.04 Å². The van der Waals surface area contributed by atoms with Crippen molar-refractivity contribution in [2.75, 3.05) is 6.54 Å². The summed E-state index contributed by atoms with van der Waals surface area (Å²) < 4.78 is 0. The third-order valence-electron chi connectivity index (χ3n) is 3.07. The minimum atomic E-state index is 0.543. The van der Waals surface area contributed by atoms with E-state index in [4.69, 9.17) is 0 Å². The Morgan fingerprint density at radius 1 is 1.06 bits per heavy atom. The molecule has 2 rings (SSSR count). The molecule has 1 aromatic carbocycles. The smallest absolute Gasteiger partial charge is 0.0148 e. The average molecular weight is 259 g/mol. The Balaban J connectivity index is 1.96. The van der Waals surface area contributed by atoms with E-state index in [9.17, 15) is 0 Å². The summed E-state index contributed by atoms with van der Waals surface area (Å²) in [6, 6.07) is 13.5. The molecule has 1 N–H and O–H groups in total. The molecule has 2 heteroatoms. The highest BCUT2D eigenvalue weighted by Crippen LogP contribution is 2.12. The minimum absolute atomic E-state index is 0.543. The summed E-state index contributed by atoms with van der Waals surface area (Å²) >= 11 is 1.78. The summed E-state index contributed by atoms with van der Waals surface area (Å²) in [4.78, 5) is 0. The molecular weight excluding hydrogens is 238 g/mol. The van der Waals surface area contributed by atoms with Crippen molar-refractivity contribution in [2.24, 2.45) is 0 Å². The molecule has 96 valence electrons. The van der Waals surface area contributed by atoms with Crippen LogP contribution in [0, 0.1) is 0 Å². The summed E-state index contributed by atoms with van der Waals surface area (Å²) in [5.74, 6) is 0. The van der Waals surface area contributed by atoms with E-state index >= 15 is 0 Å². The highest BCUT2D eigenvalue weighted by Gasteiger charge is 2.09. The van der Waals surface area contributed by atoms with Gasteiger partial charge in [-0.1, -0.05) is 37.3 Å². The summed E-state index contributed by atoms with van der Waals surface area (Å²) in [5, 5.41) is 8.08. The lowest BCUT2D eigenvalue weighted by molar-refractivity contribution is 0.505. The predicted octanol–water partition coefficient (Wildman–Crippen LogP) is 3.90. The summed E-state index contributed by atoms with van der Waals surface area (Å²) in [6.07, 6.45) is 3.42. The van der Waals surface area contributed by atoms with Gasteiger partial charge in [-0.25, -0.2) is 0 Å². The maximum absolute atomic E-state index is 3.66. The highest BCUT2D eigenvalue weighted by molar-refractivity contribution is 7.07. The number of thiophene rings is 1. The number of benzene rings is 1. The fourth-order valence-corrected chi connectivity index (χ4v) is 2.84. The van der Waals surface area contributed by atoms with E-state index in [1.54, 1.807) is 11.3 Å². The van der Waals surface area contributed by atoms with Crippen LogP contribution in [-0.2, 0) is 12.8 Å². The fraction of sp³-hybridized carbons (Fsp3) is 0.375. The molecule has 0 fully saturated rings. The van der Waals surface area contributed by atoms with Gasteiger partial charge in [-0.3, -0.25) is 0 Å². The maximum atomic E-state index is 3.66. The normalized spacial score (nSPS) is 12.5. The molecule has 1 aromatic heterocycles. The van der Waals surface area contributed by atoms with E-state index in [1.807, 2.05) is 0 Å². The largest absolute Gasteiger partial charge is 0.313 e. The Hall–Kier alpha value is -1.12. The van der Waals surface area contributed by atoms with Crippen LogP contribution in [0.1, 0.15) is 24.5 Å². The number of hydrogen-bond donors (Lipinski definition) is 1. The number of nitrogens with one attached hydrogen (secondary N) is 1. The molecular formula is C16H21NS. The SMILES string of the molecule is CCCNC(Cc1ccccc1)Cc1ccsc1. The van der Waals surface area contributed by atoms with Crippen LogP contribution < -0.4 is 5.32 Å². The van der Waals surface area contributed by atoms with Crippen molar-refractivity contribution in [3.05, 3.63) is 58.3 Å². The van der Waals surface area contributed by atoms with Crippen LogP contribution in [0.4, 0.5) is 0 Å². The molecule has 0 saturated carbocycles. The van der Waals surface area contributed by atoms with Gasteiger partial charge in [0.05, 0.1) is 0 Å². The first kappa shape index (κ1) is 13.3. The van der Waals surface area contributed by atoms with Gasteiger partial charge in [-0.15, -0.1) is 0 Å². The van der Waals surface area contributed by atoms with Gasteiger partial charge in [0.15, 0.2) is 0 Å². The van der Waals surface area contributed by atoms with Crippen LogP contribution in [0.15, 0.2) is 47.2 Å². The molecule has 0 spiro atoms. The maximum Gasteiger partial charge on any atom is 0.0148 e. The zero-order valence-corrected chi connectivity index (χ0v) is 11.7. The number of hydrogen-bond acceptors (Lipinski definition) is 2. The van der Waals surface area contributed by atoms with Crippen molar-refractivity contribution in [1.82, 2.24) is 5.32 Å². The summed E-state index contributed by atoms with van der Waals surface area (Å²) in [7, 11) is 0. The molecule has 1 atom stereocenters. The molecule has 2 aromatic rings. The summed E-state index contributed by atoms with van der Waals surface area (Å²) in [6.45, 7) is 3.32. The van der Waals surface area contributed by atoms with Crippen LogP contribution in [0.25, 0.3) is 0 Å². The highest BCUT2D eigenvalue weighted by atomic mass is 32.1. The van der Waals surface area contributed by atoms with Gasteiger partial charge >= 0.3 is 0 Å². The average Bonchev–Trinajstić information content (AvgIpc) is 2.90. The Bertz CT molecular complexity index is 422. The van der Waals surface area contributed by atoms with E-state index in [-0.39, 0.29) is 0 Å². The van der Waals surface area contributed by atoms with Crippen LogP contribution in [0.5, 0.6) is 0 Å². The topological polar surface area (TPSA) is 12.0 Å². The molecule has 18 heavy (non-hydrogen) atoms. The van der Waals surface area contributed by atoms with E-state index in [2.05, 4.69) is 59.4 Å². The molecule has 0 amide bonds. The molecule has 1 heterocycles. The van der Waals surface area contributed by atoms with Gasteiger partial charge in [0, 0.05) is 6.04 Å². The minimum Gasteiger partial charge on any atom is -0.313 e. The summed E-state index contributed by atoms with van der Waals surface area (Å²) in [5.41, 5.74) is 2.87. The third kappa shape index (κ3) is 4.28. The van der Waals surface area contributed by atoms with Gasteiger partial charge in [0.2, 0.25) is 0 Å². The molecule has 0 saturated heterocycles. The van der Waals surface area contributed by atoms with Gasteiger partial charge in [-0.05, 0) is 53.8 Å². The first-order valence-corrected chi connectivity index (χ1v) is 7.61. The molecule has 0 aliphatic heterocycles. The van der Waals surface area contributed by atoms with Crippen LogP contribution in [-0.4, -0.2) is 12.6 Å². The lowest BCUT2D eigenvalue weighted by Gasteiger charge is -2.18. The predicted molar refractivity (Wildman–Crippen MR) is 80.3 cm³/mol. The Morgan fingerprint density at radius 3 is 2.50 bits per heavy atom. The Morgan fingerprint density at radius 2 is 1.83 bits per heavy atom.